The number of rotatable bonds is 12. The third-order valence-corrected chi connectivity index (χ3v) is 6.28. The van der Waals surface area contributed by atoms with Crippen LogP contribution < -0.4 is 14.8 Å². The molecule has 204 valence electrons. The summed E-state index contributed by atoms with van der Waals surface area (Å²) in [5, 5.41) is 7.48. The highest BCUT2D eigenvalue weighted by Crippen LogP contribution is 2.40. The van der Waals surface area contributed by atoms with E-state index in [4.69, 9.17) is 9.47 Å². The minimum absolute atomic E-state index is 0.0505. The van der Waals surface area contributed by atoms with E-state index in [1.54, 1.807) is 25.0 Å². The van der Waals surface area contributed by atoms with Crippen LogP contribution in [0.5, 0.6) is 11.5 Å². The fraction of sp³-hybridized carbons (Fsp3) is 0.556. The van der Waals surface area contributed by atoms with E-state index in [9.17, 15) is 14.4 Å². The molecular formula is C27H40N4O6. The van der Waals surface area contributed by atoms with Crippen molar-refractivity contribution in [1.82, 2.24) is 20.0 Å². The second-order valence-corrected chi connectivity index (χ2v) is 9.81. The second kappa shape index (κ2) is 13.1. The number of benzene rings is 1. The van der Waals surface area contributed by atoms with Gasteiger partial charge in [-0.2, -0.15) is 5.10 Å². The van der Waals surface area contributed by atoms with E-state index in [1.807, 2.05) is 39.0 Å². The summed E-state index contributed by atoms with van der Waals surface area (Å²) in [4.78, 5) is 39.5. The normalized spacial score (nSPS) is 12.7. The van der Waals surface area contributed by atoms with Crippen molar-refractivity contribution in [3.05, 3.63) is 30.0 Å². The number of amides is 2. The van der Waals surface area contributed by atoms with Gasteiger partial charge in [-0.25, -0.2) is 0 Å². The number of nitrogens with one attached hydrogen (secondary N) is 1. The van der Waals surface area contributed by atoms with Crippen molar-refractivity contribution in [3.63, 3.8) is 0 Å². The van der Waals surface area contributed by atoms with Gasteiger partial charge in [-0.15, -0.1) is 0 Å². The van der Waals surface area contributed by atoms with Crippen molar-refractivity contribution in [1.29, 1.82) is 0 Å². The molecule has 10 heteroatoms. The second-order valence-electron chi connectivity index (χ2n) is 9.81. The number of aromatic nitrogens is 2. The summed E-state index contributed by atoms with van der Waals surface area (Å²) in [6, 6.07) is 6.27. The first-order valence-corrected chi connectivity index (χ1v) is 12.4. The third kappa shape index (κ3) is 7.24. The van der Waals surface area contributed by atoms with Gasteiger partial charge in [-0.3, -0.25) is 19.1 Å². The Balaban J connectivity index is 2.51. The van der Waals surface area contributed by atoms with Crippen molar-refractivity contribution in [2.24, 2.45) is 11.8 Å². The van der Waals surface area contributed by atoms with Gasteiger partial charge in [0.05, 0.1) is 38.6 Å². The number of likely N-dealkylation sites (N-methyl/N-ethyl adjacent to an activating group) is 1. The summed E-state index contributed by atoms with van der Waals surface area (Å²) in [6.45, 7) is 9.87. The van der Waals surface area contributed by atoms with Crippen LogP contribution in [0.4, 0.5) is 0 Å². The van der Waals surface area contributed by atoms with Crippen LogP contribution in [0, 0.1) is 11.8 Å². The van der Waals surface area contributed by atoms with Gasteiger partial charge < -0.3 is 24.4 Å². The van der Waals surface area contributed by atoms with E-state index < -0.39 is 17.9 Å². The Morgan fingerprint density at radius 1 is 1.03 bits per heavy atom. The smallest absolute Gasteiger partial charge is 0.325 e. The molecule has 0 fully saturated rings. The molecule has 2 rings (SSSR count). The van der Waals surface area contributed by atoms with Gasteiger partial charge in [0, 0.05) is 7.05 Å². The molecule has 2 amide bonds. The summed E-state index contributed by atoms with van der Waals surface area (Å²) < 4.78 is 17.7. The number of ether oxygens (including phenoxy) is 3. The summed E-state index contributed by atoms with van der Waals surface area (Å²) in [6.07, 6.45) is 0.395. The molecule has 0 bridgehead atoms. The molecular weight excluding hydrogens is 476 g/mol. The Morgan fingerprint density at radius 3 is 2.11 bits per heavy atom. The van der Waals surface area contributed by atoms with E-state index in [1.165, 1.54) is 19.1 Å². The Morgan fingerprint density at radius 2 is 1.62 bits per heavy atom. The highest BCUT2D eigenvalue weighted by Gasteiger charge is 2.29. The first-order chi connectivity index (χ1) is 17.4. The maximum Gasteiger partial charge on any atom is 0.325 e. The Kier molecular flexibility index (Phi) is 10.5. The van der Waals surface area contributed by atoms with Crippen molar-refractivity contribution < 1.29 is 28.6 Å². The zero-order chi connectivity index (χ0) is 27.9. The first kappa shape index (κ1) is 29.7. The highest BCUT2D eigenvalue weighted by atomic mass is 16.5. The standard InChI is InChI=1S/C27H40N4O6/c1-16(2)13-20(27(34)30(6)15-24(32)37-9)28-26(33)19-14-21(31(29-19)18(5)17(3)4)25-22(35-7)11-10-12-23(25)36-8/h10-12,14,16-18,20H,13,15H2,1-9H3,(H,28,33)/t18?,20-/m0/s1. The van der Waals surface area contributed by atoms with E-state index in [0.29, 0.717) is 29.2 Å². The van der Waals surface area contributed by atoms with Gasteiger partial charge >= 0.3 is 5.97 Å². The fourth-order valence-electron chi connectivity index (χ4n) is 3.92. The monoisotopic (exact) mass is 516 g/mol. The number of esters is 1. The molecule has 1 heterocycles. The van der Waals surface area contributed by atoms with Gasteiger partial charge in [-0.1, -0.05) is 33.8 Å². The molecule has 1 unspecified atom stereocenters. The average Bonchev–Trinajstić information content (AvgIpc) is 3.31. The Bertz CT molecular complexity index is 1070. The van der Waals surface area contributed by atoms with Crippen molar-refractivity contribution in [3.8, 4) is 22.8 Å². The summed E-state index contributed by atoms with van der Waals surface area (Å²) in [7, 11) is 5.91. The predicted octanol–water partition coefficient (Wildman–Crippen LogP) is 3.56. The quantitative estimate of drug-likeness (QED) is 0.429. The molecule has 1 aromatic carbocycles. The molecule has 2 atom stereocenters. The lowest BCUT2D eigenvalue weighted by Gasteiger charge is -2.24. The third-order valence-electron chi connectivity index (χ3n) is 6.28. The number of carbonyl (C=O) groups is 3. The molecule has 10 nitrogen and oxygen atoms in total. The molecule has 0 radical (unpaired) electrons. The minimum atomic E-state index is -0.834. The molecule has 37 heavy (non-hydrogen) atoms. The highest BCUT2D eigenvalue weighted by molar-refractivity contribution is 5.97. The summed E-state index contributed by atoms with van der Waals surface area (Å²) >= 11 is 0. The predicted molar refractivity (Wildman–Crippen MR) is 141 cm³/mol. The van der Waals surface area contributed by atoms with E-state index in [2.05, 4.69) is 29.0 Å². The van der Waals surface area contributed by atoms with Crippen molar-refractivity contribution in [2.75, 3.05) is 34.9 Å². The maximum atomic E-state index is 13.4. The average molecular weight is 517 g/mol. The largest absolute Gasteiger partial charge is 0.496 e. The van der Waals surface area contributed by atoms with Crippen LogP contribution >= 0.6 is 0 Å². The maximum absolute atomic E-state index is 13.4. The lowest BCUT2D eigenvalue weighted by Crippen LogP contribution is -2.49. The van der Waals surface area contributed by atoms with Gasteiger partial charge in [0.25, 0.3) is 5.91 Å². The van der Waals surface area contributed by atoms with Crippen LogP contribution in [0.1, 0.15) is 57.6 Å². The van der Waals surface area contributed by atoms with E-state index in [-0.39, 0.29) is 36.0 Å². The van der Waals surface area contributed by atoms with Gasteiger partial charge in [0.1, 0.15) is 24.1 Å². The molecule has 0 saturated heterocycles. The number of methoxy groups -OCH3 is 3. The molecule has 1 N–H and O–H groups in total. The van der Waals surface area contributed by atoms with Crippen LogP contribution in [-0.2, 0) is 14.3 Å². The van der Waals surface area contributed by atoms with Crippen LogP contribution in [0.15, 0.2) is 24.3 Å². The first-order valence-electron chi connectivity index (χ1n) is 12.4. The number of hydrogen-bond donors (Lipinski definition) is 1. The summed E-state index contributed by atoms with van der Waals surface area (Å²) in [5.41, 5.74) is 1.50. The van der Waals surface area contributed by atoms with Gasteiger partial charge in [-0.05, 0) is 43.4 Å². The zero-order valence-electron chi connectivity index (χ0n) is 23.3. The molecule has 0 aliphatic rings. The molecule has 0 saturated carbocycles. The molecule has 0 spiro atoms. The van der Waals surface area contributed by atoms with E-state index >= 15 is 0 Å². The van der Waals surface area contributed by atoms with Gasteiger partial charge in [0.2, 0.25) is 5.91 Å². The van der Waals surface area contributed by atoms with Crippen molar-refractivity contribution in [2.45, 2.75) is 53.1 Å². The molecule has 2 aromatic rings. The lowest BCUT2D eigenvalue weighted by atomic mass is 10.0. The zero-order valence-corrected chi connectivity index (χ0v) is 23.3. The molecule has 1 aromatic heterocycles. The minimum Gasteiger partial charge on any atom is -0.496 e. The summed E-state index contributed by atoms with van der Waals surface area (Å²) in [5.74, 6) is 0.0956. The molecule has 0 aliphatic heterocycles. The van der Waals surface area contributed by atoms with Gasteiger partial charge in [0.15, 0.2) is 5.69 Å². The lowest BCUT2D eigenvalue weighted by molar-refractivity contribution is -0.146. The van der Waals surface area contributed by atoms with Crippen LogP contribution in [0.25, 0.3) is 11.3 Å². The number of nitrogens with zero attached hydrogens (tertiary/aromatic N) is 3. The van der Waals surface area contributed by atoms with E-state index in [0.717, 1.165) is 0 Å². The SMILES string of the molecule is COC(=O)CN(C)C(=O)[C@H](CC(C)C)NC(=O)c1cc(-c2c(OC)cccc2OC)n(C(C)C(C)C)n1. The fourth-order valence-corrected chi connectivity index (χ4v) is 3.92. The van der Waals surface area contributed by atoms with Crippen LogP contribution in [0.3, 0.4) is 0 Å². The topological polar surface area (TPSA) is 112 Å². The Hall–Kier alpha value is -3.56. The number of carbonyl (C=O) groups excluding carboxylic acids is 3. The van der Waals surface area contributed by atoms with Crippen LogP contribution in [-0.4, -0.2) is 73.4 Å². The van der Waals surface area contributed by atoms with Crippen LogP contribution in [0.2, 0.25) is 0 Å². The molecule has 0 aliphatic carbocycles. The van der Waals surface area contributed by atoms with Crippen molar-refractivity contribution >= 4 is 17.8 Å². The number of hydrogen-bond acceptors (Lipinski definition) is 7. The Labute approximate surface area is 219 Å².